The van der Waals surface area contributed by atoms with Crippen LogP contribution in [0.2, 0.25) is 5.02 Å². The first-order valence-electron chi connectivity index (χ1n) is 10.3. The maximum Gasteiger partial charge on any atom is 0.261 e. The Morgan fingerprint density at radius 1 is 1.10 bits per heavy atom. The molecule has 1 fully saturated rings. The van der Waals surface area contributed by atoms with Crippen LogP contribution in [0.5, 0.6) is 0 Å². The van der Waals surface area contributed by atoms with Crippen LogP contribution in [-0.2, 0) is 4.79 Å². The van der Waals surface area contributed by atoms with E-state index in [2.05, 4.69) is 10.6 Å². The standard InChI is InChI=1S/C22H25ClFN3O3S/c1-14-12-18(26-21(29)16-7-6-15(24)13-17(16)23)31-20(14)22(30)25-9-8-19(28)27-10-4-2-3-5-11-27/h6-7,12-13H,2-5,8-11H2,1H3,(H,25,30)(H,26,29). The van der Waals surface area contributed by atoms with Gasteiger partial charge in [-0.25, -0.2) is 4.39 Å². The second-order valence-electron chi connectivity index (χ2n) is 7.50. The summed E-state index contributed by atoms with van der Waals surface area (Å²) in [6.45, 7) is 3.61. The number of nitrogens with one attached hydrogen (secondary N) is 2. The molecule has 166 valence electrons. The van der Waals surface area contributed by atoms with Crippen molar-refractivity contribution in [2.75, 3.05) is 25.0 Å². The third-order valence-corrected chi connectivity index (χ3v) is 6.58. The number of aryl methyl sites for hydroxylation is 1. The van der Waals surface area contributed by atoms with Crippen molar-refractivity contribution in [2.45, 2.75) is 39.0 Å². The number of anilines is 1. The smallest absolute Gasteiger partial charge is 0.261 e. The Bertz CT molecular complexity index is 971. The van der Waals surface area contributed by atoms with E-state index in [0.29, 0.717) is 15.4 Å². The van der Waals surface area contributed by atoms with Crippen LogP contribution in [-0.4, -0.2) is 42.3 Å². The summed E-state index contributed by atoms with van der Waals surface area (Å²) in [6.07, 6.45) is 4.64. The SMILES string of the molecule is Cc1cc(NC(=O)c2ccc(F)cc2Cl)sc1C(=O)NCCC(=O)N1CCCCCC1. The average Bonchev–Trinajstić information content (AvgIpc) is 2.91. The van der Waals surface area contributed by atoms with Crippen molar-refractivity contribution >= 4 is 45.7 Å². The fourth-order valence-electron chi connectivity index (χ4n) is 3.46. The number of hydrogen-bond donors (Lipinski definition) is 2. The number of carbonyl (C=O) groups is 3. The van der Waals surface area contributed by atoms with Crippen LogP contribution in [0.25, 0.3) is 0 Å². The topological polar surface area (TPSA) is 78.5 Å². The highest BCUT2D eigenvalue weighted by atomic mass is 35.5. The van der Waals surface area contributed by atoms with Gasteiger partial charge in [0.1, 0.15) is 5.82 Å². The number of likely N-dealkylation sites (tertiary alicyclic amines) is 1. The quantitative estimate of drug-likeness (QED) is 0.653. The first-order chi connectivity index (χ1) is 14.8. The summed E-state index contributed by atoms with van der Waals surface area (Å²) in [7, 11) is 0. The van der Waals surface area contributed by atoms with Gasteiger partial charge in [0.2, 0.25) is 5.91 Å². The molecule has 2 N–H and O–H groups in total. The number of carbonyl (C=O) groups excluding carboxylic acids is 3. The molecule has 0 aliphatic carbocycles. The zero-order chi connectivity index (χ0) is 22.4. The lowest BCUT2D eigenvalue weighted by Crippen LogP contribution is -2.35. The maximum atomic E-state index is 13.2. The van der Waals surface area contributed by atoms with Gasteiger partial charge in [-0.05, 0) is 49.6 Å². The van der Waals surface area contributed by atoms with Crippen molar-refractivity contribution in [2.24, 2.45) is 0 Å². The number of benzene rings is 1. The lowest BCUT2D eigenvalue weighted by molar-refractivity contribution is -0.131. The van der Waals surface area contributed by atoms with Crippen LogP contribution >= 0.6 is 22.9 Å². The van der Waals surface area contributed by atoms with Crippen molar-refractivity contribution in [1.82, 2.24) is 10.2 Å². The number of halogens is 2. The Labute approximate surface area is 189 Å². The molecule has 6 nitrogen and oxygen atoms in total. The second-order valence-corrected chi connectivity index (χ2v) is 8.96. The highest BCUT2D eigenvalue weighted by molar-refractivity contribution is 7.18. The Morgan fingerprint density at radius 2 is 1.81 bits per heavy atom. The zero-order valence-electron chi connectivity index (χ0n) is 17.3. The van der Waals surface area contributed by atoms with Crippen LogP contribution in [0, 0.1) is 12.7 Å². The van der Waals surface area contributed by atoms with E-state index in [-0.39, 0.29) is 35.4 Å². The largest absolute Gasteiger partial charge is 0.351 e. The van der Waals surface area contributed by atoms with Crippen molar-refractivity contribution in [1.29, 1.82) is 0 Å². The van der Waals surface area contributed by atoms with Gasteiger partial charge in [0.25, 0.3) is 11.8 Å². The summed E-state index contributed by atoms with van der Waals surface area (Å²) >= 11 is 7.07. The molecular formula is C22H25ClFN3O3S. The predicted molar refractivity (Wildman–Crippen MR) is 120 cm³/mol. The number of thiophene rings is 1. The van der Waals surface area contributed by atoms with E-state index < -0.39 is 11.7 Å². The molecule has 3 amide bonds. The minimum absolute atomic E-state index is 0.0119. The van der Waals surface area contributed by atoms with Crippen molar-refractivity contribution in [3.05, 3.63) is 51.1 Å². The van der Waals surface area contributed by atoms with Gasteiger partial charge in [-0.15, -0.1) is 11.3 Å². The third kappa shape index (κ3) is 6.27. The summed E-state index contributed by atoms with van der Waals surface area (Å²) in [5, 5.41) is 5.97. The van der Waals surface area contributed by atoms with Gasteiger partial charge >= 0.3 is 0 Å². The Kier molecular flexibility index (Phi) is 8.03. The van der Waals surface area contributed by atoms with Gasteiger partial charge in [-0.1, -0.05) is 24.4 Å². The first-order valence-corrected chi connectivity index (χ1v) is 11.5. The van der Waals surface area contributed by atoms with Gasteiger partial charge in [0.05, 0.1) is 20.5 Å². The Balaban J connectivity index is 1.54. The number of rotatable bonds is 6. The minimum atomic E-state index is -0.526. The molecule has 3 rings (SSSR count). The number of amides is 3. The van der Waals surface area contributed by atoms with E-state index in [4.69, 9.17) is 11.6 Å². The Hall–Kier alpha value is -2.45. The summed E-state index contributed by atoms with van der Waals surface area (Å²) in [4.78, 5) is 39.6. The lowest BCUT2D eigenvalue weighted by atomic mass is 10.2. The predicted octanol–water partition coefficient (Wildman–Crippen LogP) is 4.62. The second kappa shape index (κ2) is 10.7. The monoisotopic (exact) mass is 465 g/mol. The summed E-state index contributed by atoms with van der Waals surface area (Å²) in [6, 6.07) is 5.23. The molecule has 0 radical (unpaired) electrons. The normalized spacial score (nSPS) is 14.1. The van der Waals surface area contributed by atoms with E-state index in [1.54, 1.807) is 13.0 Å². The molecule has 1 aromatic carbocycles. The molecule has 0 bridgehead atoms. The van der Waals surface area contributed by atoms with Crippen molar-refractivity contribution in [3.63, 3.8) is 0 Å². The molecule has 1 aromatic heterocycles. The fraction of sp³-hybridized carbons (Fsp3) is 0.409. The highest BCUT2D eigenvalue weighted by Crippen LogP contribution is 2.28. The molecule has 31 heavy (non-hydrogen) atoms. The third-order valence-electron chi connectivity index (χ3n) is 5.12. The molecule has 0 saturated carbocycles. The van der Waals surface area contributed by atoms with Gasteiger partial charge < -0.3 is 15.5 Å². The molecule has 2 aromatic rings. The van der Waals surface area contributed by atoms with Gasteiger partial charge in [0, 0.05) is 26.1 Å². The van der Waals surface area contributed by atoms with Gasteiger partial charge in [-0.3, -0.25) is 14.4 Å². The molecule has 1 saturated heterocycles. The summed E-state index contributed by atoms with van der Waals surface area (Å²) in [5.74, 6) is -1.23. The van der Waals surface area contributed by atoms with Crippen LogP contribution in [0.15, 0.2) is 24.3 Å². The average molecular weight is 466 g/mol. The molecule has 2 heterocycles. The van der Waals surface area contributed by atoms with Gasteiger partial charge in [-0.2, -0.15) is 0 Å². The maximum absolute atomic E-state index is 13.2. The first kappa shape index (κ1) is 23.2. The molecular weight excluding hydrogens is 441 g/mol. The Morgan fingerprint density at radius 3 is 2.48 bits per heavy atom. The summed E-state index contributed by atoms with van der Waals surface area (Å²) < 4.78 is 13.2. The van der Waals surface area contributed by atoms with Gasteiger partial charge in [0.15, 0.2) is 0 Å². The van der Waals surface area contributed by atoms with Crippen molar-refractivity contribution < 1.29 is 18.8 Å². The van der Waals surface area contributed by atoms with E-state index in [9.17, 15) is 18.8 Å². The number of nitrogens with zero attached hydrogens (tertiary/aromatic N) is 1. The van der Waals surface area contributed by atoms with E-state index in [1.807, 2.05) is 4.90 Å². The van der Waals surface area contributed by atoms with Crippen LogP contribution in [0.4, 0.5) is 9.39 Å². The number of hydrogen-bond acceptors (Lipinski definition) is 4. The fourth-order valence-corrected chi connectivity index (χ4v) is 4.70. The highest BCUT2D eigenvalue weighted by Gasteiger charge is 2.19. The molecule has 0 unspecified atom stereocenters. The molecule has 0 atom stereocenters. The molecule has 0 spiro atoms. The molecule has 9 heteroatoms. The minimum Gasteiger partial charge on any atom is -0.351 e. The van der Waals surface area contributed by atoms with Crippen LogP contribution < -0.4 is 10.6 Å². The van der Waals surface area contributed by atoms with E-state index >= 15 is 0 Å². The van der Waals surface area contributed by atoms with Crippen molar-refractivity contribution in [3.8, 4) is 0 Å². The lowest BCUT2D eigenvalue weighted by Gasteiger charge is -2.20. The van der Waals surface area contributed by atoms with E-state index in [0.717, 1.165) is 62.2 Å². The van der Waals surface area contributed by atoms with Crippen LogP contribution in [0.1, 0.15) is 57.7 Å². The molecule has 1 aliphatic rings. The summed E-state index contributed by atoms with van der Waals surface area (Å²) in [5.41, 5.74) is 0.856. The van der Waals surface area contributed by atoms with E-state index in [1.165, 1.54) is 6.07 Å². The zero-order valence-corrected chi connectivity index (χ0v) is 18.9. The van der Waals surface area contributed by atoms with Crippen LogP contribution in [0.3, 0.4) is 0 Å². The molecule has 1 aliphatic heterocycles.